The average molecular weight is 465 g/mol. The Bertz CT molecular complexity index is 1210. The topological polar surface area (TPSA) is 85.8 Å². The van der Waals surface area contributed by atoms with Crippen molar-refractivity contribution in [2.24, 2.45) is 0 Å². The van der Waals surface area contributed by atoms with Gasteiger partial charge >= 0.3 is 11.9 Å². The molecule has 33 heavy (non-hydrogen) atoms. The molecule has 1 atom stereocenters. The maximum Gasteiger partial charge on any atom is 0.350 e. The summed E-state index contributed by atoms with van der Waals surface area (Å²) in [5.74, 6) is -1.41. The molecule has 1 aromatic heterocycles. The Labute approximate surface area is 196 Å². The van der Waals surface area contributed by atoms with Gasteiger partial charge in [0, 0.05) is 6.42 Å². The van der Waals surface area contributed by atoms with Gasteiger partial charge in [0.25, 0.3) is 5.91 Å². The first-order valence-electron chi connectivity index (χ1n) is 10.6. The van der Waals surface area contributed by atoms with Gasteiger partial charge in [-0.15, -0.1) is 0 Å². The fourth-order valence-corrected chi connectivity index (χ4v) is 4.77. The lowest BCUT2D eigenvalue weighted by Crippen LogP contribution is -2.53. The number of carbonyl (C=O) groups is 3. The van der Waals surface area contributed by atoms with Crippen LogP contribution < -0.4 is 4.90 Å². The minimum absolute atomic E-state index is 0.212. The van der Waals surface area contributed by atoms with E-state index in [2.05, 4.69) is 4.98 Å². The van der Waals surface area contributed by atoms with Crippen LogP contribution in [0.5, 0.6) is 0 Å². The van der Waals surface area contributed by atoms with Gasteiger partial charge < -0.3 is 9.47 Å². The van der Waals surface area contributed by atoms with Crippen molar-refractivity contribution in [1.29, 1.82) is 0 Å². The number of hydrogen-bond donors (Lipinski definition) is 0. The molecule has 2 heterocycles. The number of rotatable bonds is 6. The molecule has 1 aliphatic heterocycles. The summed E-state index contributed by atoms with van der Waals surface area (Å²) in [7, 11) is 0. The van der Waals surface area contributed by atoms with Gasteiger partial charge in [-0.25, -0.2) is 14.6 Å². The van der Waals surface area contributed by atoms with E-state index < -0.39 is 23.4 Å². The number of fused-ring (bicyclic) bond motifs is 1. The summed E-state index contributed by atoms with van der Waals surface area (Å²) in [5, 5.41) is 0.348. The highest BCUT2D eigenvalue weighted by molar-refractivity contribution is 7.17. The molecule has 0 fully saturated rings. The molecule has 0 saturated carbocycles. The average Bonchev–Trinajstić information content (AvgIpc) is 3.19. The molecule has 3 aromatic rings. The predicted molar refractivity (Wildman–Crippen MR) is 124 cm³/mol. The number of benzene rings is 2. The van der Waals surface area contributed by atoms with Crippen LogP contribution in [0.2, 0.25) is 0 Å². The molecule has 2 aromatic carbocycles. The van der Waals surface area contributed by atoms with Crippen LogP contribution in [0, 0.1) is 6.92 Å². The Balaban J connectivity index is 1.73. The number of ether oxygens (including phenoxy) is 2. The second-order valence-corrected chi connectivity index (χ2v) is 8.94. The number of nitrogens with zero attached hydrogens (tertiary/aromatic N) is 2. The first kappa shape index (κ1) is 22.7. The lowest BCUT2D eigenvalue weighted by molar-refractivity contribution is -0.137. The third-order valence-electron chi connectivity index (χ3n) is 5.44. The van der Waals surface area contributed by atoms with Gasteiger partial charge in [-0.3, -0.25) is 9.69 Å². The zero-order valence-electron chi connectivity index (χ0n) is 18.7. The van der Waals surface area contributed by atoms with E-state index in [1.54, 1.807) is 32.9 Å². The van der Waals surface area contributed by atoms with Crippen LogP contribution in [0.4, 0.5) is 5.13 Å². The second kappa shape index (κ2) is 9.15. The molecule has 0 bridgehead atoms. The Hall–Kier alpha value is -3.52. The van der Waals surface area contributed by atoms with Crippen molar-refractivity contribution in [2.75, 3.05) is 11.5 Å². The van der Waals surface area contributed by atoms with E-state index in [9.17, 15) is 14.4 Å². The number of hydrogen-bond acceptors (Lipinski definition) is 7. The van der Waals surface area contributed by atoms with Gasteiger partial charge in [0.05, 0.1) is 24.4 Å². The maximum absolute atomic E-state index is 13.9. The van der Waals surface area contributed by atoms with E-state index in [0.717, 1.165) is 22.5 Å². The highest BCUT2D eigenvalue weighted by Crippen LogP contribution is 2.34. The fourth-order valence-electron chi connectivity index (χ4n) is 3.81. The van der Waals surface area contributed by atoms with E-state index in [1.807, 2.05) is 42.5 Å². The monoisotopic (exact) mass is 464 g/mol. The van der Waals surface area contributed by atoms with Crippen molar-refractivity contribution >= 4 is 34.3 Å². The molecule has 0 spiro atoms. The van der Waals surface area contributed by atoms with Crippen LogP contribution >= 0.6 is 11.3 Å². The SMILES string of the molecule is CCOC(=O)c1sc(N(Cc2ccccc2)C(=O)C2(C)Cc3ccccc3C(=O)O2)nc1C. The number of carbonyl (C=O) groups excluding carboxylic acids is 3. The standard InChI is InChI=1S/C25H24N2O5S/c1-4-31-22(29)20-16(2)26-24(33-20)27(15-17-10-6-5-7-11-17)23(30)25(3)14-18-12-8-9-13-19(18)21(28)32-25/h5-13H,4,14-15H2,1-3H3. The zero-order valence-corrected chi connectivity index (χ0v) is 19.5. The number of thiazole rings is 1. The number of esters is 2. The van der Waals surface area contributed by atoms with Crippen LogP contribution in [-0.2, 0) is 27.2 Å². The minimum atomic E-state index is -1.41. The second-order valence-electron chi connectivity index (χ2n) is 7.96. The van der Waals surface area contributed by atoms with E-state index >= 15 is 0 Å². The summed E-state index contributed by atoms with van der Waals surface area (Å²) in [6, 6.07) is 16.6. The van der Waals surface area contributed by atoms with Crippen molar-refractivity contribution in [3.63, 3.8) is 0 Å². The quantitative estimate of drug-likeness (QED) is 0.505. The fraction of sp³-hybridized carbons (Fsp3) is 0.280. The Morgan fingerprint density at radius 3 is 2.58 bits per heavy atom. The third kappa shape index (κ3) is 4.52. The number of aryl methyl sites for hydroxylation is 1. The maximum atomic E-state index is 13.9. The van der Waals surface area contributed by atoms with Crippen LogP contribution in [-0.4, -0.2) is 35.0 Å². The van der Waals surface area contributed by atoms with E-state index in [1.165, 1.54) is 4.90 Å². The largest absolute Gasteiger partial charge is 0.462 e. The molecular weight excluding hydrogens is 440 g/mol. The minimum Gasteiger partial charge on any atom is -0.462 e. The van der Waals surface area contributed by atoms with Crippen LogP contribution in [0.1, 0.15) is 50.7 Å². The number of anilines is 1. The molecule has 1 unspecified atom stereocenters. The molecule has 0 radical (unpaired) electrons. The Morgan fingerprint density at radius 2 is 1.85 bits per heavy atom. The lowest BCUT2D eigenvalue weighted by Gasteiger charge is -2.36. The number of aromatic nitrogens is 1. The first-order valence-corrected chi connectivity index (χ1v) is 11.5. The Kier molecular flexibility index (Phi) is 6.29. The number of cyclic esters (lactones) is 1. The molecular formula is C25H24N2O5S. The molecule has 7 nitrogen and oxygen atoms in total. The van der Waals surface area contributed by atoms with Crippen molar-refractivity contribution in [1.82, 2.24) is 4.98 Å². The summed E-state index contributed by atoms with van der Waals surface area (Å²) in [4.78, 5) is 45.2. The molecule has 1 aliphatic rings. The summed E-state index contributed by atoms with van der Waals surface area (Å²) in [5.41, 5.74) is 1.17. The first-order chi connectivity index (χ1) is 15.8. The van der Waals surface area contributed by atoms with Crippen molar-refractivity contribution < 1.29 is 23.9 Å². The summed E-state index contributed by atoms with van der Waals surface area (Å²) >= 11 is 1.09. The third-order valence-corrected chi connectivity index (χ3v) is 6.60. The van der Waals surface area contributed by atoms with Crippen LogP contribution in [0.15, 0.2) is 54.6 Å². The van der Waals surface area contributed by atoms with Gasteiger partial charge in [0.15, 0.2) is 10.7 Å². The summed E-state index contributed by atoms with van der Waals surface area (Å²) in [6.45, 7) is 5.51. The summed E-state index contributed by atoms with van der Waals surface area (Å²) in [6.07, 6.45) is 0.244. The molecule has 1 amide bonds. The van der Waals surface area contributed by atoms with Gasteiger partial charge in [-0.05, 0) is 38.0 Å². The number of amides is 1. The predicted octanol–water partition coefficient (Wildman–Crippen LogP) is 4.33. The normalized spacial score (nSPS) is 17.1. The van der Waals surface area contributed by atoms with E-state index in [4.69, 9.17) is 9.47 Å². The van der Waals surface area contributed by atoms with E-state index in [0.29, 0.717) is 21.3 Å². The molecule has 0 saturated heterocycles. The van der Waals surface area contributed by atoms with Crippen LogP contribution in [0.3, 0.4) is 0 Å². The molecule has 4 rings (SSSR count). The molecule has 0 N–H and O–H groups in total. The summed E-state index contributed by atoms with van der Waals surface area (Å²) < 4.78 is 10.8. The smallest absolute Gasteiger partial charge is 0.350 e. The Morgan fingerprint density at radius 1 is 1.15 bits per heavy atom. The zero-order chi connectivity index (χ0) is 23.6. The highest BCUT2D eigenvalue weighted by Gasteiger charge is 2.46. The van der Waals surface area contributed by atoms with Gasteiger partial charge in [0.2, 0.25) is 0 Å². The van der Waals surface area contributed by atoms with E-state index in [-0.39, 0.29) is 19.6 Å². The van der Waals surface area contributed by atoms with Crippen molar-refractivity contribution in [3.05, 3.63) is 81.9 Å². The lowest BCUT2D eigenvalue weighted by atomic mass is 9.89. The van der Waals surface area contributed by atoms with Crippen molar-refractivity contribution in [2.45, 2.75) is 39.3 Å². The van der Waals surface area contributed by atoms with Gasteiger partial charge in [0.1, 0.15) is 4.88 Å². The van der Waals surface area contributed by atoms with Crippen LogP contribution in [0.25, 0.3) is 0 Å². The van der Waals surface area contributed by atoms with Gasteiger partial charge in [-0.1, -0.05) is 59.9 Å². The van der Waals surface area contributed by atoms with Gasteiger partial charge in [-0.2, -0.15) is 0 Å². The molecule has 170 valence electrons. The molecule has 0 aliphatic carbocycles. The molecule has 8 heteroatoms. The highest BCUT2D eigenvalue weighted by atomic mass is 32.1. The van der Waals surface area contributed by atoms with Crippen molar-refractivity contribution in [3.8, 4) is 0 Å².